The van der Waals surface area contributed by atoms with Crippen molar-refractivity contribution in [3.8, 4) is 17.2 Å². The molecular formula is C40H44F3N3O8. The summed E-state index contributed by atoms with van der Waals surface area (Å²) < 4.78 is 57.9. The molecule has 3 aromatic rings. The van der Waals surface area contributed by atoms with Crippen molar-refractivity contribution < 1.29 is 52.0 Å². The molecule has 3 N–H and O–H groups in total. The summed E-state index contributed by atoms with van der Waals surface area (Å²) in [4.78, 5) is 42.4. The van der Waals surface area contributed by atoms with Gasteiger partial charge >= 0.3 is 5.97 Å². The van der Waals surface area contributed by atoms with Crippen molar-refractivity contribution in [3.05, 3.63) is 94.8 Å². The quantitative estimate of drug-likeness (QED) is 0.132. The van der Waals surface area contributed by atoms with Crippen LogP contribution < -0.4 is 19.5 Å². The lowest BCUT2D eigenvalue weighted by molar-refractivity contribution is -0.141. The first kappa shape index (κ1) is 38.6. The van der Waals surface area contributed by atoms with E-state index in [1.165, 1.54) is 0 Å². The molecule has 14 heteroatoms. The van der Waals surface area contributed by atoms with Gasteiger partial charge in [0.05, 0.1) is 45.2 Å². The number of methoxy groups -OCH3 is 1. The second kappa shape index (κ2) is 17.4. The van der Waals surface area contributed by atoms with E-state index in [1.54, 1.807) is 36.3 Å². The Hall–Kier alpha value is -5.08. The molecule has 6 rings (SSSR count). The third-order valence-electron chi connectivity index (χ3n) is 9.88. The highest BCUT2D eigenvalue weighted by atomic mass is 19.2. The van der Waals surface area contributed by atoms with Crippen LogP contribution in [0.1, 0.15) is 49.7 Å². The Kier molecular flexibility index (Phi) is 12.4. The van der Waals surface area contributed by atoms with Crippen LogP contribution in [0.5, 0.6) is 17.2 Å². The SMILES string of the molecule is COc1ccc(OCCN(C(=O)C2=C(c3ccc(CCCOc4c(F)ccc(F)c4F)cc3)C[C@@H]3CN(C(=O)C[C@@H](O)CC(=O)O)C[C@H]2N3)C2CC2)cc1. The normalized spacial score (nSPS) is 18.6. The number of nitrogens with one attached hydrogen (secondary N) is 1. The summed E-state index contributed by atoms with van der Waals surface area (Å²) in [6.07, 6.45) is 0.905. The van der Waals surface area contributed by atoms with Crippen molar-refractivity contribution >= 4 is 23.4 Å². The number of halogens is 3. The number of hydrogen-bond donors (Lipinski definition) is 3. The number of nitrogens with zero attached hydrogens (tertiary/aromatic N) is 2. The number of carbonyl (C=O) groups is 3. The fraction of sp³-hybridized carbons (Fsp3) is 0.425. The summed E-state index contributed by atoms with van der Waals surface area (Å²) in [6, 6.07) is 15.8. The van der Waals surface area contributed by atoms with E-state index in [9.17, 15) is 32.7 Å². The van der Waals surface area contributed by atoms with Gasteiger partial charge < -0.3 is 39.5 Å². The smallest absolute Gasteiger partial charge is 0.305 e. The minimum absolute atomic E-state index is 0.0282. The zero-order valence-electron chi connectivity index (χ0n) is 29.9. The molecule has 1 saturated carbocycles. The summed E-state index contributed by atoms with van der Waals surface area (Å²) in [6.45, 7) is 1.08. The van der Waals surface area contributed by atoms with E-state index in [0.29, 0.717) is 55.5 Å². The number of rotatable bonds is 17. The first-order chi connectivity index (χ1) is 26.0. The standard InChI is InChI=1S/C40H44F3N3O8/c1-52-29-10-12-30(13-11-29)53-18-16-46(27-8-9-27)40(51)37-31(19-26-22-45(23-34(37)44-26)35(48)20-28(47)21-36(49)50)25-6-4-24(5-7-25)3-2-17-54-39-33(42)15-14-32(41)38(39)43/h4-7,10-15,26-28,34,44,47H,2-3,8-9,16-23H2,1H3,(H,49,50)/t26-,28-,34-/m1/s1. The number of fused-ring (bicyclic) bond motifs is 2. The maximum Gasteiger partial charge on any atom is 0.305 e. The van der Waals surface area contributed by atoms with Crippen molar-refractivity contribution in [1.29, 1.82) is 0 Å². The maximum absolute atomic E-state index is 14.6. The lowest BCUT2D eigenvalue weighted by Gasteiger charge is -2.45. The molecule has 0 unspecified atom stereocenters. The second-order valence-electron chi connectivity index (χ2n) is 13.8. The molecule has 11 nitrogen and oxygen atoms in total. The molecule has 1 aliphatic carbocycles. The number of aryl methyl sites for hydroxylation is 1. The molecule has 0 spiro atoms. The maximum atomic E-state index is 14.6. The van der Waals surface area contributed by atoms with Crippen LogP contribution in [0, 0.1) is 17.5 Å². The fourth-order valence-electron chi connectivity index (χ4n) is 7.06. The minimum atomic E-state index is -1.36. The molecule has 2 fully saturated rings. The number of hydrogen-bond acceptors (Lipinski definition) is 8. The molecule has 3 aromatic carbocycles. The Balaban J connectivity index is 1.19. The number of aliphatic carboxylic acids is 1. The highest BCUT2D eigenvalue weighted by molar-refractivity contribution is 6.03. The van der Waals surface area contributed by atoms with Gasteiger partial charge in [-0.05, 0) is 85.2 Å². The fourth-order valence-corrected chi connectivity index (χ4v) is 7.06. The largest absolute Gasteiger partial charge is 0.497 e. The van der Waals surface area contributed by atoms with Gasteiger partial charge in [0.15, 0.2) is 17.4 Å². The van der Waals surface area contributed by atoms with Crippen molar-refractivity contribution in [1.82, 2.24) is 15.1 Å². The molecule has 1 saturated heterocycles. The molecule has 3 atom stereocenters. The molecule has 2 aliphatic heterocycles. The van der Waals surface area contributed by atoms with E-state index in [4.69, 9.17) is 19.3 Å². The minimum Gasteiger partial charge on any atom is -0.497 e. The lowest BCUT2D eigenvalue weighted by Crippen LogP contribution is -2.62. The number of carboxylic acids is 1. The van der Waals surface area contributed by atoms with Crippen molar-refractivity contribution in [3.63, 3.8) is 0 Å². The number of aliphatic hydroxyl groups excluding tert-OH is 1. The summed E-state index contributed by atoms with van der Waals surface area (Å²) in [5.41, 5.74) is 3.18. The van der Waals surface area contributed by atoms with Gasteiger partial charge in [-0.3, -0.25) is 14.4 Å². The van der Waals surface area contributed by atoms with Crippen LogP contribution >= 0.6 is 0 Å². The predicted octanol–water partition coefficient (Wildman–Crippen LogP) is 4.75. The number of ether oxygens (including phenoxy) is 3. The van der Waals surface area contributed by atoms with Gasteiger partial charge in [-0.15, -0.1) is 0 Å². The van der Waals surface area contributed by atoms with Gasteiger partial charge in [-0.1, -0.05) is 24.3 Å². The summed E-state index contributed by atoms with van der Waals surface area (Å²) >= 11 is 0. The van der Waals surface area contributed by atoms with E-state index in [-0.39, 0.29) is 50.1 Å². The first-order valence-electron chi connectivity index (χ1n) is 18.1. The van der Waals surface area contributed by atoms with Crippen LogP contribution in [-0.2, 0) is 20.8 Å². The van der Waals surface area contributed by atoms with Crippen LogP contribution in [-0.4, -0.2) is 102 Å². The third kappa shape index (κ3) is 9.52. The van der Waals surface area contributed by atoms with Crippen LogP contribution in [0.4, 0.5) is 13.2 Å². The number of aliphatic hydroxyl groups is 1. The molecule has 3 aliphatic rings. The van der Waals surface area contributed by atoms with Crippen LogP contribution in [0.2, 0.25) is 0 Å². The number of carboxylic acid groups (broad SMARTS) is 1. The highest BCUT2D eigenvalue weighted by Gasteiger charge is 2.43. The monoisotopic (exact) mass is 751 g/mol. The third-order valence-corrected chi connectivity index (χ3v) is 9.88. The molecular weight excluding hydrogens is 707 g/mol. The van der Waals surface area contributed by atoms with E-state index < -0.39 is 47.7 Å². The number of benzene rings is 3. The van der Waals surface area contributed by atoms with Crippen molar-refractivity contribution in [2.45, 2.75) is 69.2 Å². The van der Waals surface area contributed by atoms with Crippen molar-refractivity contribution in [2.75, 3.05) is 40.0 Å². The summed E-state index contributed by atoms with van der Waals surface area (Å²) in [5.74, 6) is -4.64. The molecule has 288 valence electrons. The van der Waals surface area contributed by atoms with E-state index in [1.807, 2.05) is 29.2 Å². The van der Waals surface area contributed by atoms with Crippen LogP contribution in [0.15, 0.2) is 66.2 Å². The zero-order chi connectivity index (χ0) is 38.4. The molecule has 2 amide bonds. The predicted molar refractivity (Wildman–Crippen MR) is 192 cm³/mol. The van der Waals surface area contributed by atoms with E-state index in [2.05, 4.69) is 5.32 Å². The van der Waals surface area contributed by atoms with Gasteiger partial charge in [0.1, 0.15) is 18.1 Å². The Bertz CT molecular complexity index is 1850. The van der Waals surface area contributed by atoms with Crippen LogP contribution in [0.3, 0.4) is 0 Å². The average Bonchev–Trinajstić information content (AvgIpc) is 4.00. The Morgan fingerprint density at radius 3 is 2.30 bits per heavy atom. The molecule has 0 aromatic heterocycles. The second-order valence-corrected chi connectivity index (χ2v) is 13.8. The Morgan fingerprint density at radius 1 is 0.907 bits per heavy atom. The van der Waals surface area contributed by atoms with Crippen LogP contribution in [0.25, 0.3) is 5.57 Å². The van der Waals surface area contributed by atoms with Gasteiger partial charge in [0.2, 0.25) is 11.7 Å². The van der Waals surface area contributed by atoms with Gasteiger partial charge in [0, 0.05) is 30.7 Å². The molecule has 2 heterocycles. The number of amides is 2. The molecule has 0 radical (unpaired) electrons. The number of carbonyl (C=O) groups excluding carboxylic acids is 2. The Morgan fingerprint density at radius 2 is 1.61 bits per heavy atom. The summed E-state index contributed by atoms with van der Waals surface area (Å²) in [7, 11) is 1.59. The average molecular weight is 752 g/mol. The summed E-state index contributed by atoms with van der Waals surface area (Å²) in [5, 5.41) is 22.8. The topological polar surface area (TPSA) is 138 Å². The highest BCUT2D eigenvalue weighted by Crippen LogP contribution is 2.37. The van der Waals surface area contributed by atoms with E-state index in [0.717, 1.165) is 35.6 Å². The number of piperazine rings is 1. The first-order valence-corrected chi connectivity index (χ1v) is 18.1. The molecule has 54 heavy (non-hydrogen) atoms. The van der Waals surface area contributed by atoms with Gasteiger partial charge in [-0.2, -0.15) is 4.39 Å². The van der Waals surface area contributed by atoms with Gasteiger partial charge in [-0.25, -0.2) is 8.78 Å². The Labute approximate surface area is 311 Å². The zero-order valence-corrected chi connectivity index (χ0v) is 29.9. The van der Waals surface area contributed by atoms with Crippen molar-refractivity contribution in [2.24, 2.45) is 0 Å². The van der Waals surface area contributed by atoms with E-state index >= 15 is 0 Å². The molecule has 2 bridgehead atoms. The van der Waals surface area contributed by atoms with Gasteiger partial charge in [0.25, 0.3) is 5.91 Å². The lowest BCUT2D eigenvalue weighted by atomic mass is 9.82.